The van der Waals surface area contributed by atoms with E-state index < -0.39 is 0 Å². The van der Waals surface area contributed by atoms with E-state index >= 15 is 0 Å². The summed E-state index contributed by atoms with van der Waals surface area (Å²) in [4.78, 5) is 16.0. The lowest BCUT2D eigenvalue weighted by Crippen LogP contribution is -2.09. The van der Waals surface area contributed by atoms with E-state index in [1.807, 2.05) is 36.4 Å². The van der Waals surface area contributed by atoms with Gasteiger partial charge in [0.05, 0.1) is 18.0 Å². The fraction of sp³-hybridized carbons (Fsp3) is 0. The maximum absolute atomic E-state index is 12.2. The standard InChI is InChI=1S/C16H10NO2/c18-16(19-13-7-4-10-17-11-13)15-9-3-6-12-5-1-2-8-14(12)15/h1-9,11H. The van der Waals surface area contributed by atoms with Gasteiger partial charge >= 0.3 is 5.97 Å². The van der Waals surface area contributed by atoms with Crippen LogP contribution in [0.3, 0.4) is 0 Å². The first-order valence-corrected chi connectivity index (χ1v) is 5.86. The largest absolute Gasteiger partial charge is 0.421 e. The number of fused-ring (bicyclic) bond motifs is 1. The molecule has 3 heteroatoms. The molecule has 91 valence electrons. The van der Waals surface area contributed by atoms with Gasteiger partial charge in [0.2, 0.25) is 0 Å². The molecule has 1 radical (unpaired) electrons. The predicted octanol–water partition coefficient (Wildman–Crippen LogP) is 3.25. The Kier molecular flexibility index (Phi) is 2.94. The van der Waals surface area contributed by atoms with E-state index in [2.05, 4.69) is 11.2 Å². The molecule has 3 rings (SSSR count). The number of aromatic nitrogens is 1. The van der Waals surface area contributed by atoms with Crippen molar-refractivity contribution in [3.63, 3.8) is 0 Å². The first-order valence-electron chi connectivity index (χ1n) is 5.86. The topological polar surface area (TPSA) is 39.2 Å². The molecule has 2 aromatic carbocycles. The normalized spacial score (nSPS) is 10.3. The molecule has 0 saturated heterocycles. The minimum atomic E-state index is -0.384. The molecule has 0 amide bonds. The molecule has 1 aromatic heterocycles. The molecule has 0 atom stereocenters. The van der Waals surface area contributed by atoms with Gasteiger partial charge in [0, 0.05) is 0 Å². The van der Waals surface area contributed by atoms with E-state index in [9.17, 15) is 4.79 Å². The van der Waals surface area contributed by atoms with Crippen molar-refractivity contribution in [1.29, 1.82) is 0 Å². The summed E-state index contributed by atoms with van der Waals surface area (Å²) in [5, 5.41) is 1.89. The van der Waals surface area contributed by atoms with Gasteiger partial charge < -0.3 is 4.74 Å². The molecule has 3 nitrogen and oxygen atoms in total. The summed E-state index contributed by atoms with van der Waals surface area (Å²) in [7, 11) is 0. The monoisotopic (exact) mass is 248 g/mol. The summed E-state index contributed by atoms with van der Waals surface area (Å²) in [6.07, 6.45) is 4.10. The van der Waals surface area contributed by atoms with Crippen LogP contribution in [0.2, 0.25) is 0 Å². The highest BCUT2D eigenvalue weighted by molar-refractivity contribution is 6.05. The molecule has 0 aliphatic heterocycles. The number of ether oxygens (including phenoxy) is 1. The van der Waals surface area contributed by atoms with Crippen LogP contribution >= 0.6 is 0 Å². The van der Waals surface area contributed by atoms with E-state index in [1.54, 1.807) is 18.2 Å². The van der Waals surface area contributed by atoms with Gasteiger partial charge in [-0.05, 0) is 29.0 Å². The Hall–Kier alpha value is -2.68. The minimum Gasteiger partial charge on any atom is -0.421 e. The Labute approximate surface area is 110 Å². The molecule has 0 saturated carbocycles. The van der Waals surface area contributed by atoms with Crippen molar-refractivity contribution >= 4 is 16.7 Å². The van der Waals surface area contributed by atoms with E-state index in [-0.39, 0.29) is 5.97 Å². The molecule has 19 heavy (non-hydrogen) atoms. The zero-order chi connectivity index (χ0) is 13.1. The molecule has 0 bridgehead atoms. The average Bonchev–Trinajstić information content (AvgIpc) is 2.47. The lowest BCUT2D eigenvalue weighted by atomic mass is 10.1. The van der Waals surface area contributed by atoms with E-state index in [0.29, 0.717) is 11.3 Å². The van der Waals surface area contributed by atoms with Gasteiger partial charge in [0.25, 0.3) is 0 Å². The second-order valence-corrected chi connectivity index (χ2v) is 4.04. The van der Waals surface area contributed by atoms with Crippen molar-refractivity contribution in [1.82, 2.24) is 4.98 Å². The third-order valence-corrected chi connectivity index (χ3v) is 2.81. The second-order valence-electron chi connectivity index (χ2n) is 4.04. The third-order valence-electron chi connectivity index (χ3n) is 2.81. The Morgan fingerprint density at radius 1 is 1.05 bits per heavy atom. The molecule has 0 spiro atoms. The van der Waals surface area contributed by atoms with Crippen LogP contribution in [0, 0.1) is 6.20 Å². The summed E-state index contributed by atoms with van der Waals surface area (Å²) in [5.41, 5.74) is 0.547. The Balaban J connectivity index is 1.98. The fourth-order valence-electron chi connectivity index (χ4n) is 1.93. The smallest absolute Gasteiger partial charge is 0.344 e. The first-order chi connectivity index (χ1) is 9.34. The quantitative estimate of drug-likeness (QED) is 0.653. The highest BCUT2D eigenvalue weighted by atomic mass is 16.5. The molecule has 0 N–H and O–H groups in total. The number of nitrogens with zero attached hydrogens (tertiary/aromatic N) is 1. The number of hydrogen-bond donors (Lipinski definition) is 0. The Morgan fingerprint density at radius 2 is 1.89 bits per heavy atom. The van der Waals surface area contributed by atoms with Gasteiger partial charge in [0.15, 0.2) is 0 Å². The fourth-order valence-corrected chi connectivity index (χ4v) is 1.93. The van der Waals surface area contributed by atoms with Crippen LogP contribution in [-0.4, -0.2) is 11.0 Å². The number of rotatable bonds is 2. The van der Waals surface area contributed by atoms with Crippen molar-refractivity contribution in [3.05, 3.63) is 72.6 Å². The SMILES string of the molecule is O=C(Oc1cc[c]nc1)c1cccc2ccccc12. The lowest BCUT2D eigenvalue weighted by molar-refractivity contribution is 0.0736. The van der Waals surface area contributed by atoms with Crippen LogP contribution in [0.5, 0.6) is 5.75 Å². The average molecular weight is 248 g/mol. The summed E-state index contributed by atoms with van der Waals surface area (Å²) >= 11 is 0. The van der Waals surface area contributed by atoms with Crippen LogP contribution in [0.25, 0.3) is 10.8 Å². The highest BCUT2D eigenvalue weighted by Crippen LogP contribution is 2.20. The first kappa shape index (κ1) is 11.4. The van der Waals surface area contributed by atoms with E-state index in [4.69, 9.17) is 4.74 Å². The molecular weight excluding hydrogens is 238 g/mol. The summed E-state index contributed by atoms with van der Waals surface area (Å²) in [5.74, 6) is 0.0292. The van der Waals surface area contributed by atoms with Gasteiger partial charge in [-0.3, -0.25) is 4.98 Å². The number of hydrogen-bond acceptors (Lipinski definition) is 3. The molecule has 1 heterocycles. The zero-order valence-electron chi connectivity index (χ0n) is 10.0. The minimum absolute atomic E-state index is 0.384. The molecule has 0 fully saturated rings. The van der Waals surface area contributed by atoms with Crippen molar-refractivity contribution in [2.45, 2.75) is 0 Å². The second kappa shape index (κ2) is 4.90. The van der Waals surface area contributed by atoms with Crippen molar-refractivity contribution in [2.24, 2.45) is 0 Å². The highest BCUT2D eigenvalue weighted by Gasteiger charge is 2.11. The molecular formula is C16H10NO2. The van der Waals surface area contributed by atoms with Gasteiger partial charge in [-0.15, -0.1) is 0 Å². The third kappa shape index (κ3) is 2.31. The van der Waals surface area contributed by atoms with Crippen LogP contribution < -0.4 is 4.74 Å². The van der Waals surface area contributed by atoms with Gasteiger partial charge in [0.1, 0.15) is 5.75 Å². The molecule has 0 unspecified atom stereocenters. The Bertz CT molecular complexity index is 718. The number of carbonyl (C=O) groups excluding carboxylic acids is 1. The maximum atomic E-state index is 12.2. The van der Waals surface area contributed by atoms with Crippen LogP contribution in [0.1, 0.15) is 10.4 Å². The molecule has 0 aliphatic rings. The number of benzene rings is 2. The van der Waals surface area contributed by atoms with Gasteiger partial charge in [-0.25, -0.2) is 4.79 Å². The number of pyridine rings is 1. The van der Waals surface area contributed by atoms with E-state index in [0.717, 1.165) is 10.8 Å². The lowest BCUT2D eigenvalue weighted by Gasteiger charge is -2.06. The maximum Gasteiger partial charge on any atom is 0.344 e. The van der Waals surface area contributed by atoms with Crippen LogP contribution in [0.15, 0.2) is 60.8 Å². The summed E-state index contributed by atoms with van der Waals surface area (Å²) in [6.45, 7) is 0. The van der Waals surface area contributed by atoms with E-state index in [1.165, 1.54) is 6.20 Å². The van der Waals surface area contributed by atoms with Gasteiger partial charge in [-0.2, -0.15) is 0 Å². The van der Waals surface area contributed by atoms with Crippen LogP contribution in [0.4, 0.5) is 0 Å². The van der Waals surface area contributed by atoms with Crippen molar-refractivity contribution in [3.8, 4) is 5.75 Å². The number of esters is 1. The summed E-state index contributed by atoms with van der Waals surface area (Å²) in [6, 6.07) is 16.5. The summed E-state index contributed by atoms with van der Waals surface area (Å²) < 4.78 is 5.29. The van der Waals surface area contributed by atoms with Crippen LogP contribution in [-0.2, 0) is 0 Å². The Morgan fingerprint density at radius 3 is 2.74 bits per heavy atom. The van der Waals surface area contributed by atoms with Crippen molar-refractivity contribution < 1.29 is 9.53 Å². The number of carbonyl (C=O) groups is 1. The predicted molar refractivity (Wildman–Crippen MR) is 72.0 cm³/mol. The van der Waals surface area contributed by atoms with Crippen molar-refractivity contribution in [2.75, 3.05) is 0 Å². The molecule has 0 aliphatic carbocycles. The van der Waals surface area contributed by atoms with Gasteiger partial charge in [-0.1, -0.05) is 36.4 Å². The zero-order valence-corrected chi connectivity index (χ0v) is 10.0. The molecule has 3 aromatic rings.